The molecule has 3 nitrogen and oxygen atoms in total. The molecule has 1 heterocycles. The second-order valence-electron chi connectivity index (χ2n) is 3.24. The first-order chi connectivity index (χ1) is 6.77. The third-order valence-electron chi connectivity index (χ3n) is 2.31. The molecular weight excluding hydrogens is 185 g/mol. The Labute approximate surface area is 81.7 Å². The first kappa shape index (κ1) is 9.27. The summed E-state index contributed by atoms with van der Waals surface area (Å²) in [5.41, 5.74) is 0.840. The SMILES string of the molecule is Oc1cc(N2CCOCC2)ccc1F. The van der Waals surface area contributed by atoms with Crippen molar-refractivity contribution in [1.82, 2.24) is 0 Å². The molecule has 1 saturated heterocycles. The van der Waals surface area contributed by atoms with E-state index in [0.29, 0.717) is 13.2 Å². The van der Waals surface area contributed by atoms with Crippen LogP contribution >= 0.6 is 0 Å². The highest BCUT2D eigenvalue weighted by Gasteiger charge is 2.12. The lowest BCUT2D eigenvalue weighted by atomic mass is 10.2. The van der Waals surface area contributed by atoms with Gasteiger partial charge in [0, 0.05) is 24.8 Å². The summed E-state index contributed by atoms with van der Waals surface area (Å²) in [5.74, 6) is -0.879. The molecule has 0 aromatic heterocycles. The average molecular weight is 197 g/mol. The maximum atomic E-state index is 12.8. The van der Waals surface area contributed by atoms with Gasteiger partial charge in [-0.1, -0.05) is 0 Å². The number of ether oxygens (including phenoxy) is 1. The summed E-state index contributed by atoms with van der Waals surface area (Å²) in [6, 6.07) is 4.39. The Hall–Kier alpha value is -1.29. The zero-order valence-electron chi connectivity index (χ0n) is 7.74. The van der Waals surface area contributed by atoms with Gasteiger partial charge in [0.25, 0.3) is 0 Å². The van der Waals surface area contributed by atoms with Gasteiger partial charge in [-0.3, -0.25) is 0 Å². The van der Waals surface area contributed by atoms with Crippen LogP contribution in [0.4, 0.5) is 10.1 Å². The summed E-state index contributed by atoms with van der Waals surface area (Å²) in [5, 5.41) is 9.20. The van der Waals surface area contributed by atoms with Gasteiger partial charge < -0.3 is 14.7 Å². The van der Waals surface area contributed by atoms with E-state index in [-0.39, 0.29) is 5.75 Å². The number of morpholine rings is 1. The molecule has 0 spiro atoms. The fraction of sp³-hybridized carbons (Fsp3) is 0.400. The van der Waals surface area contributed by atoms with Crippen LogP contribution in [-0.4, -0.2) is 31.4 Å². The van der Waals surface area contributed by atoms with Crippen LogP contribution < -0.4 is 4.90 Å². The number of halogens is 1. The van der Waals surface area contributed by atoms with Crippen LogP contribution in [0.2, 0.25) is 0 Å². The summed E-state index contributed by atoms with van der Waals surface area (Å²) in [7, 11) is 0. The minimum absolute atomic E-state index is 0.297. The molecule has 1 N–H and O–H groups in total. The van der Waals surface area contributed by atoms with Gasteiger partial charge in [0.15, 0.2) is 11.6 Å². The van der Waals surface area contributed by atoms with Gasteiger partial charge in [-0.15, -0.1) is 0 Å². The Kier molecular flexibility index (Phi) is 2.54. The van der Waals surface area contributed by atoms with Gasteiger partial charge in [-0.05, 0) is 12.1 Å². The highest BCUT2D eigenvalue weighted by Crippen LogP contribution is 2.23. The van der Waals surface area contributed by atoms with Crippen molar-refractivity contribution in [2.75, 3.05) is 31.2 Å². The molecule has 1 aromatic carbocycles. The van der Waals surface area contributed by atoms with E-state index in [2.05, 4.69) is 4.90 Å². The molecule has 0 aliphatic carbocycles. The maximum absolute atomic E-state index is 12.8. The topological polar surface area (TPSA) is 32.7 Å². The number of benzene rings is 1. The Balaban J connectivity index is 2.18. The van der Waals surface area contributed by atoms with E-state index in [1.54, 1.807) is 6.07 Å². The third kappa shape index (κ3) is 1.80. The largest absolute Gasteiger partial charge is 0.505 e. The lowest BCUT2D eigenvalue weighted by molar-refractivity contribution is 0.122. The van der Waals surface area contributed by atoms with Crippen molar-refractivity contribution in [3.63, 3.8) is 0 Å². The van der Waals surface area contributed by atoms with Crippen LogP contribution in [-0.2, 0) is 4.74 Å². The lowest BCUT2D eigenvalue weighted by Gasteiger charge is -2.28. The van der Waals surface area contributed by atoms with Gasteiger partial charge in [0.1, 0.15) is 0 Å². The first-order valence-electron chi connectivity index (χ1n) is 4.58. The van der Waals surface area contributed by atoms with E-state index < -0.39 is 5.82 Å². The fourth-order valence-corrected chi connectivity index (χ4v) is 1.52. The number of phenols is 1. The summed E-state index contributed by atoms with van der Waals surface area (Å²) < 4.78 is 18.0. The molecule has 0 saturated carbocycles. The van der Waals surface area contributed by atoms with Gasteiger partial charge in [-0.25, -0.2) is 4.39 Å². The van der Waals surface area contributed by atoms with E-state index in [9.17, 15) is 9.50 Å². The molecule has 1 aromatic rings. The van der Waals surface area contributed by atoms with Crippen molar-refractivity contribution < 1.29 is 14.2 Å². The Morgan fingerprint density at radius 3 is 2.64 bits per heavy atom. The quantitative estimate of drug-likeness (QED) is 0.738. The normalized spacial score (nSPS) is 17.1. The second-order valence-corrected chi connectivity index (χ2v) is 3.24. The molecule has 0 bridgehead atoms. The van der Waals surface area contributed by atoms with Crippen molar-refractivity contribution in [3.05, 3.63) is 24.0 Å². The number of rotatable bonds is 1. The van der Waals surface area contributed by atoms with E-state index in [4.69, 9.17) is 4.74 Å². The zero-order valence-corrected chi connectivity index (χ0v) is 7.74. The molecule has 14 heavy (non-hydrogen) atoms. The van der Waals surface area contributed by atoms with Crippen molar-refractivity contribution in [1.29, 1.82) is 0 Å². The smallest absolute Gasteiger partial charge is 0.164 e. The molecule has 0 atom stereocenters. The van der Waals surface area contributed by atoms with Crippen LogP contribution in [0.1, 0.15) is 0 Å². The minimum Gasteiger partial charge on any atom is -0.505 e. The molecular formula is C10H12FNO2. The average Bonchev–Trinajstić information content (AvgIpc) is 2.23. The molecule has 0 unspecified atom stereocenters. The van der Waals surface area contributed by atoms with Crippen LogP contribution in [0.15, 0.2) is 18.2 Å². The third-order valence-corrected chi connectivity index (χ3v) is 2.31. The summed E-state index contributed by atoms with van der Waals surface area (Å²) >= 11 is 0. The van der Waals surface area contributed by atoms with E-state index in [1.807, 2.05) is 0 Å². The van der Waals surface area contributed by atoms with Gasteiger partial charge in [-0.2, -0.15) is 0 Å². The molecule has 1 fully saturated rings. The van der Waals surface area contributed by atoms with Crippen molar-refractivity contribution in [3.8, 4) is 5.75 Å². The van der Waals surface area contributed by atoms with Crippen molar-refractivity contribution >= 4 is 5.69 Å². The number of phenolic OH excluding ortho intramolecular Hbond substituents is 1. The highest BCUT2D eigenvalue weighted by molar-refractivity contribution is 5.51. The first-order valence-corrected chi connectivity index (χ1v) is 4.58. The number of hydrogen-bond acceptors (Lipinski definition) is 3. The molecule has 1 aliphatic rings. The van der Waals surface area contributed by atoms with Crippen LogP contribution in [0, 0.1) is 5.82 Å². The van der Waals surface area contributed by atoms with Gasteiger partial charge >= 0.3 is 0 Å². The predicted molar refractivity (Wildman–Crippen MR) is 51.1 cm³/mol. The van der Waals surface area contributed by atoms with E-state index >= 15 is 0 Å². The summed E-state index contributed by atoms with van der Waals surface area (Å²) in [4.78, 5) is 2.06. The second kappa shape index (κ2) is 3.84. The minimum atomic E-state index is -0.581. The fourth-order valence-electron chi connectivity index (χ4n) is 1.52. The maximum Gasteiger partial charge on any atom is 0.164 e. The van der Waals surface area contributed by atoms with Crippen molar-refractivity contribution in [2.45, 2.75) is 0 Å². The molecule has 0 radical (unpaired) electrons. The van der Waals surface area contributed by atoms with Crippen LogP contribution in [0.3, 0.4) is 0 Å². The number of hydrogen-bond donors (Lipinski definition) is 1. The number of aromatic hydroxyl groups is 1. The lowest BCUT2D eigenvalue weighted by Crippen LogP contribution is -2.36. The molecule has 0 amide bonds. The van der Waals surface area contributed by atoms with Crippen LogP contribution in [0.5, 0.6) is 5.75 Å². The summed E-state index contributed by atoms with van der Waals surface area (Å²) in [6.07, 6.45) is 0. The van der Waals surface area contributed by atoms with Gasteiger partial charge in [0.05, 0.1) is 13.2 Å². The Morgan fingerprint density at radius 2 is 2.00 bits per heavy atom. The van der Waals surface area contributed by atoms with E-state index in [0.717, 1.165) is 18.8 Å². The molecule has 2 rings (SSSR count). The Bertz CT molecular complexity index is 324. The predicted octanol–water partition coefficient (Wildman–Crippen LogP) is 1.37. The zero-order chi connectivity index (χ0) is 9.97. The molecule has 1 aliphatic heterocycles. The molecule has 76 valence electrons. The van der Waals surface area contributed by atoms with Crippen LogP contribution in [0.25, 0.3) is 0 Å². The Morgan fingerprint density at radius 1 is 1.29 bits per heavy atom. The van der Waals surface area contributed by atoms with Crippen molar-refractivity contribution in [2.24, 2.45) is 0 Å². The number of anilines is 1. The van der Waals surface area contributed by atoms with Gasteiger partial charge in [0.2, 0.25) is 0 Å². The number of nitrogens with zero attached hydrogens (tertiary/aromatic N) is 1. The highest BCUT2D eigenvalue weighted by atomic mass is 19.1. The standard InChI is InChI=1S/C10H12FNO2/c11-9-2-1-8(7-10(9)13)12-3-5-14-6-4-12/h1-2,7,13H,3-6H2. The summed E-state index contributed by atoms with van der Waals surface area (Å²) in [6.45, 7) is 2.92. The monoisotopic (exact) mass is 197 g/mol. The molecule has 4 heteroatoms. The van der Waals surface area contributed by atoms with E-state index in [1.165, 1.54) is 12.1 Å².